The van der Waals surface area contributed by atoms with Crippen molar-refractivity contribution in [3.8, 4) is 5.75 Å². The molecule has 1 aromatic rings. The zero-order valence-corrected chi connectivity index (χ0v) is 5.11. The highest BCUT2D eigenvalue weighted by atomic mass is 16.3. The lowest BCUT2D eigenvalue weighted by Gasteiger charge is -1.92. The van der Waals surface area contributed by atoms with E-state index in [9.17, 15) is 4.79 Å². The Balaban J connectivity index is 3.00. The fraction of sp³-hybridized carbons (Fsp3) is 0. The zero-order valence-electron chi connectivity index (χ0n) is 5.11. The average molecular weight is 138 g/mol. The fourth-order valence-corrected chi connectivity index (χ4v) is 0.532. The van der Waals surface area contributed by atoms with Crippen molar-refractivity contribution >= 4 is 5.91 Å². The van der Waals surface area contributed by atoms with Crippen molar-refractivity contribution in [2.75, 3.05) is 0 Å². The van der Waals surface area contributed by atoms with Crippen molar-refractivity contribution in [2.24, 2.45) is 5.73 Å². The maximum atomic E-state index is 10.4. The van der Waals surface area contributed by atoms with E-state index in [1.807, 2.05) is 0 Å². The summed E-state index contributed by atoms with van der Waals surface area (Å²) in [6, 6.07) is 2.71. The zero-order chi connectivity index (χ0) is 7.56. The number of rotatable bonds is 1. The highest BCUT2D eigenvalue weighted by Crippen LogP contribution is 2.04. The van der Waals surface area contributed by atoms with E-state index in [0.717, 1.165) is 0 Å². The molecule has 0 spiro atoms. The Morgan fingerprint density at radius 2 is 2.30 bits per heavy atom. The number of hydrogen-bond acceptors (Lipinski definition) is 3. The SMILES string of the molecule is NC(=O)c1ccc(O)cn1. The van der Waals surface area contributed by atoms with Gasteiger partial charge in [0.05, 0.1) is 6.20 Å². The lowest BCUT2D eigenvalue weighted by Crippen LogP contribution is -2.12. The smallest absolute Gasteiger partial charge is 0.267 e. The molecule has 4 heteroatoms. The fourth-order valence-electron chi connectivity index (χ4n) is 0.532. The van der Waals surface area contributed by atoms with Gasteiger partial charge in [0, 0.05) is 0 Å². The first-order valence-electron chi connectivity index (χ1n) is 2.65. The van der Waals surface area contributed by atoms with Gasteiger partial charge in [0.1, 0.15) is 11.4 Å². The molecule has 0 bridgehead atoms. The van der Waals surface area contributed by atoms with Gasteiger partial charge < -0.3 is 10.8 Å². The minimum atomic E-state index is -0.597. The van der Waals surface area contributed by atoms with Gasteiger partial charge in [0.25, 0.3) is 5.91 Å². The molecule has 0 radical (unpaired) electrons. The van der Waals surface area contributed by atoms with Crippen LogP contribution in [-0.4, -0.2) is 16.0 Å². The molecule has 3 N–H and O–H groups in total. The number of carbonyl (C=O) groups is 1. The second-order valence-electron chi connectivity index (χ2n) is 1.77. The van der Waals surface area contributed by atoms with Crippen molar-refractivity contribution in [1.29, 1.82) is 0 Å². The minimum absolute atomic E-state index is 0.0185. The molecule has 10 heavy (non-hydrogen) atoms. The molecule has 0 aliphatic heterocycles. The molecular formula is C6H6N2O2. The first-order chi connectivity index (χ1) is 4.70. The number of primary amides is 1. The van der Waals surface area contributed by atoms with E-state index in [-0.39, 0.29) is 11.4 Å². The first-order valence-corrected chi connectivity index (χ1v) is 2.65. The third-order valence-corrected chi connectivity index (χ3v) is 1.00. The summed E-state index contributed by atoms with van der Waals surface area (Å²) < 4.78 is 0. The number of nitrogens with two attached hydrogens (primary N) is 1. The van der Waals surface area contributed by atoms with Gasteiger partial charge in [0.2, 0.25) is 0 Å². The van der Waals surface area contributed by atoms with Crippen molar-refractivity contribution in [3.63, 3.8) is 0 Å². The monoisotopic (exact) mass is 138 g/mol. The maximum absolute atomic E-state index is 10.4. The Morgan fingerprint density at radius 1 is 1.60 bits per heavy atom. The molecule has 1 aromatic heterocycles. The minimum Gasteiger partial charge on any atom is -0.506 e. The van der Waals surface area contributed by atoms with Crippen LogP contribution in [0, 0.1) is 0 Å². The van der Waals surface area contributed by atoms with Crippen LogP contribution in [0.1, 0.15) is 10.5 Å². The topological polar surface area (TPSA) is 76.2 Å². The number of amides is 1. The molecule has 1 rings (SSSR count). The molecule has 1 heterocycles. The van der Waals surface area contributed by atoms with Crippen LogP contribution >= 0.6 is 0 Å². The van der Waals surface area contributed by atoms with Gasteiger partial charge in [-0.25, -0.2) is 4.98 Å². The van der Waals surface area contributed by atoms with Gasteiger partial charge in [-0.3, -0.25) is 4.79 Å². The van der Waals surface area contributed by atoms with Crippen LogP contribution in [-0.2, 0) is 0 Å². The van der Waals surface area contributed by atoms with Crippen molar-refractivity contribution in [3.05, 3.63) is 24.0 Å². The molecule has 0 aliphatic carbocycles. The average Bonchev–Trinajstić information content (AvgIpc) is 1.88. The van der Waals surface area contributed by atoms with Crippen LogP contribution in [0.25, 0.3) is 0 Å². The molecule has 4 nitrogen and oxygen atoms in total. The number of hydrogen-bond donors (Lipinski definition) is 2. The predicted octanol–water partition coefficient (Wildman–Crippen LogP) is -0.114. The molecule has 0 saturated carbocycles. The molecule has 0 aliphatic rings. The van der Waals surface area contributed by atoms with Gasteiger partial charge in [0.15, 0.2) is 0 Å². The second kappa shape index (κ2) is 2.34. The first kappa shape index (κ1) is 6.54. The van der Waals surface area contributed by atoms with Crippen molar-refractivity contribution in [1.82, 2.24) is 4.98 Å². The summed E-state index contributed by atoms with van der Waals surface area (Å²) in [6.45, 7) is 0. The Labute approximate surface area is 57.3 Å². The largest absolute Gasteiger partial charge is 0.506 e. The van der Waals surface area contributed by atoms with E-state index in [0.29, 0.717) is 0 Å². The number of carbonyl (C=O) groups excluding carboxylic acids is 1. The number of aromatic nitrogens is 1. The predicted molar refractivity (Wildman–Crippen MR) is 34.4 cm³/mol. The Bertz CT molecular complexity index is 242. The van der Waals surface area contributed by atoms with E-state index in [1.165, 1.54) is 18.3 Å². The van der Waals surface area contributed by atoms with Gasteiger partial charge in [-0.1, -0.05) is 0 Å². The van der Waals surface area contributed by atoms with E-state index >= 15 is 0 Å². The summed E-state index contributed by atoms with van der Waals surface area (Å²) in [5.41, 5.74) is 5.03. The van der Waals surface area contributed by atoms with Crippen LogP contribution in [0.15, 0.2) is 18.3 Å². The van der Waals surface area contributed by atoms with Crippen LogP contribution in [0.5, 0.6) is 5.75 Å². The number of nitrogens with zero attached hydrogens (tertiary/aromatic N) is 1. The van der Waals surface area contributed by atoms with Crippen molar-refractivity contribution in [2.45, 2.75) is 0 Å². The third-order valence-electron chi connectivity index (χ3n) is 1.00. The summed E-state index contributed by atoms with van der Waals surface area (Å²) in [7, 11) is 0. The summed E-state index contributed by atoms with van der Waals surface area (Å²) in [5, 5.41) is 8.72. The van der Waals surface area contributed by atoms with Crippen LogP contribution in [0.4, 0.5) is 0 Å². The Hall–Kier alpha value is -1.58. The van der Waals surface area contributed by atoms with Gasteiger partial charge in [-0.05, 0) is 12.1 Å². The second-order valence-corrected chi connectivity index (χ2v) is 1.77. The van der Waals surface area contributed by atoms with Gasteiger partial charge >= 0.3 is 0 Å². The summed E-state index contributed by atoms with van der Waals surface area (Å²) in [4.78, 5) is 13.9. The molecule has 0 atom stereocenters. The van der Waals surface area contributed by atoms with E-state index < -0.39 is 5.91 Å². The highest BCUT2D eigenvalue weighted by Gasteiger charge is 1.98. The maximum Gasteiger partial charge on any atom is 0.267 e. The van der Waals surface area contributed by atoms with Crippen LogP contribution < -0.4 is 5.73 Å². The molecule has 1 amide bonds. The summed E-state index contributed by atoms with van der Waals surface area (Å²) in [6.07, 6.45) is 1.17. The van der Waals surface area contributed by atoms with Crippen LogP contribution in [0.3, 0.4) is 0 Å². The lowest BCUT2D eigenvalue weighted by atomic mass is 10.3. The quantitative estimate of drug-likeness (QED) is 0.568. The van der Waals surface area contributed by atoms with E-state index in [4.69, 9.17) is 10.8 Å². The molecular weight excluding hydrogens is 132 g/mol. The molecule has 0 aromatic carbocycles. The number of pyridine rings is 1. The van der Waals surface area contributed by atoms with Crippen LogP contribution in [0.2, 0.25) is 0 Å². The number of aromatic hydroxyl groups is 1. The van der Waals surface area contributed by atoms with E-state index in [1.54, 1.807) is 0 Å². The van der Waals surface area contributed by atoms with E-state index in [2.05, 4.69) is 4.98 Å². The Morgan fingerprint density at radius 3 is 2.70 bits per heavy atom. The molecule has 0 unspecified atom stereocenters. The normalized spacial score (nSPS) is 9.20. The highest BCUT2D eigenvalue weighted by molar-refractivity contribution is 5.90. The standard InChI is InChI=1S/C6H6N2O2/c7-6(10)5-2-1-4(9)3-8-5/h1-3,9H,(H2,7,10). The van der Waals surface area contributed by atoms with Gasteiger partial charge in [-0.15, -0.1) is 0 Å². The third kappa shape index (κ3) is 1.22. The Kier molecular flexibility index (Phi) is 1.53. The lowest BCUT2D eigenvalue weighted by molar-refractivity contribution is 0.0995. The molecule has 0 saturated heterocycles. The van der Waals surface area contributed by atoms with Crippen molar-refractivity contribution < 1.29 is 9.90 Å². The summed E-state index contributed by atoms with van der Waals surface area (Å²) in [5.74, 6) is -0.579. The molecule has 0 fully saturated rings. The summed E-state index contributed by atoms with van der Waals surface area (Å²) >= 11 is 0. The van der Waals surface area contributed by atoms with Gasteiger partial charge in [-0.2, -0.15) is 0 Å². The molecule has 52 valence electrons.